The molecule has 1 aliphatic heterocycles. The van der Waals surface area contributed by atoms with Crippen LogP contribution in [-0.2, 0) is 4.57 Å². The fourth-order valence-corrected chi connectivity index (χ4v) is 11.3. The fraction of sp³-hybridized carbons (Fsp3) is 0. The molecule has 0 saturated carbocycles. The van der Waals surface area contributed by atoms with Crippen LogP contribution >= 0.6 is 7.14 Å². The summed E-state index contributed by atoms with van der Waals surface area (Å²) >= 11 is 0. The highest BCUT2D eigenvalue weighted by Crippen LogP contribution is 2.55. The highest BCUT2D eigenvalue weighted by molar-refractivity contribution is 7.86. The van der Waals surface area contributed by atoms with Gasteiger partial charge in [-0.1, -0.05) is 158 Å². The molecule has 9 aromatic rings. The second kappa shape index (κ2) is 9.90. The van der Waals surface area contributed by atoms with Gasteiger partial charge in [0, 0.05) is 26.8 Å². The van der Waals surface area contributed by atoms with Crippen molar-refractivity contribution in [2.45, 2.75) is 0 Å². The highest BCUT2D eigenvalue weighted by atomic mass is 31.2. The topological polar surface area (TPSA) is 22.0 Å². The summed E-state index contributed by atoms with van der Waals surface area (Å²) in [5.74, 6) is 0. The molecule has 0 radical (unpaired) electrons. The third-order valence-corrected chi connectivity index (χ3v) is 13.2. The Bertz CT molecular complexity index is 2770. The van der Waals surface area contributed by atoms with Gasteiger partial charge in [-0.05, 0) is 50.5 Å². The maximum atomic E-state index is 15.9. The van der Waals surface area contributed by atoms with E-state index >= 15 is 4.57 Å². The van der Waals surface area contributed by atoms with Crippen LogP contribution in [0.15, 0.2) is 170 Å². The van der Waals surface area contributed by atoms with Crippen molar-refractivity contribution >= 4 is 66.4 Å². The normalized spacial score (nSPS) is 15.4. The summed E-state index contributed by atoms with van der Waals surface area (Å²) < 4.78 is 18.3. The smallest absolute Gasteiger partial charge is 0.174 e. The number of para-hydroxylation sites is 1. The monoisotopic (exact) mass is 617 g/mol. The van der Waals surface area contributed by atoms with Gasteiger partial charge in [0.25, 0.3) is 0 Å². The van der Waals surface area contributed by atoms with Crippen LogP contribution in [0.5, 0.6) is 0 Å². The van der Waals surface area contributed by atoms with Crippen molar-refractivity contribution in [3.05, 3.63) is 170 Å². The predicted octanol–water partition coefficient (Wildman–Crippen LogP) is 10.4. The predicted molar refractivity (Wildman–Crippen MR) is 200 cm³/mol. The van der Waals surface area contributed by atoms with Gasteiger partial charge in [0.1, 0.15) is 0 Å². The molecule has 1 aromatic heterocycles. The van der Waals surface area contributed by atoms with Gasteiger partial charge in [0.05, 0.1) is 22.0 Å². The van der Waals surface area contributed by atoms with Crippen LogP contribution in [0.4, 0.5) is 0 Å². The Kier molecular flexibility index (Phi) is 5.59. The van der Waals surface area contributed by atoms with Crippen LogP contribution in [0, 0.1) is 0 Å². The van der Waals surface area contributed by atoms with E-state index < -0.39 is 7.14 Å². The Morgan fingerprint density at radius 2 is 1.02 bits per heavy atom. The van der Waals surface area contributed by atoms with Gasteiger partial charge >= 0.3 is 0 Å². The third-order valence-electron chi connectivity index (χ3n) is 10.00. The molecule has 10 rings (SSSR count). The van der Waals surface area contributed by atoms with Crippen LogP contribution in [0.2, 0.25) is 0 Å². The molecule has 1 unspecified atom stereocenters. The molecule has 0 aliphatic carbocycles. The summed E-state index contributed by atoms with van der Waals surface area (Å²) in [6.07, 6.45) is 0. The van der Waals surface area contributed by atoms with Crippen LogP contribution < -0.4 is 15.9 Å². The van der Waals surface area contributed by atoms with Crippen molar-refractivity contribution in [3.63, 3.8) is 0 Å². The number of aromatic nitrogens is 1. The first-order chi connectivity index (χ1) is 23.2. The van der Waals surface area contributed by atoms with Gasteiger partial charge in [0.2, 0.25) is 0 Å². The molecule has 1 aliphatic rings. The fourth-order valence-electron chi connectivity index (χ4n) is 8.01. The maximum absolute atomic E-state index is 15.9. The van der Waals surface area contributed by atoms with Crippen LogP contribution in [0.1, 0.15) is 0 Å². The zero-order valence-electron chi connectivity index (χ0n) is 25.5. The first-order valence-corrected chi connectivity index (χ1v) is 17.8. The summed E-state index contributed by atoms with van der Waals surface area (Å²) in [6, 6.07) is 59.8. The lowest BCUT2D eigenvalue weighted by Crippen LogP contribution is -2.22. The molecule has 0 fully saturated rings. The summed E-state index contributed by atoms with van der Waals surface area (Å²) in [4.78, 5) is 0. The quantitative estimate of drug-likeness (QED) is 0.181. The summed E-state index contributed by atoms with van der Waals surface area (Å²) in [5, 5.41) is 9.80. The van der Waals surface area contributed by atoms with E-state index in [1.807, 2.05) is 36.4 Å². The lowest BCUT2D eigenvalue weighted by molar-refractivity contribution is 0.593. The van der Waals surface area contributed by atoms with E-state index in [1.54, 1.807) is 0 Å². The SMILES string of the molecule is O=P1(c2ccccc2)c2ccccc2-c2ccc3c4ccccc4n(-c4cccc5c(-c6cccc7ccccc67)cccc45)c3c21. The van der Waals surface area contributed by atoms with Crippen molar-refractivity contribution in [1.29, 1.82) is 0 Å². The Hall–Kier alpha value is -5.69. The van der Waals surface area contributed by atoms with Crippen molar-refractivity contribution in [2.24, 2.45) is 0 Å². The Morgan fingerprint density at radius 1 is 0.404 bits per heavy atom. The van der Waals surface area contributed by atoms with Crippen molar-refractivity contribution in [2.75, 3.05) is 0 Å². The van der Waals surface area contributed by atoms with Gasteiger partial charge in [0.15, 0.2) is 7.14 Å². The minimum Gasteiger partial charge on any atom is -0.309 e. The van der Waals surface area contributed by atoms with E-state index in [-0.39, 0.29) is 0 Å². The van der Waals surface area contributed by atoms with Crippen LogP contribution in [-0.4, -0.2) is 4.57 Å². The van der Waals surface area contributed by atoms with Gasteiger partial charge in [-0.25, -0.2) is 0 Å². The molecule has 2 nitrogen and oxygen atoms in total. The second-order valence-electron chi connectivity index (χ2n) is 12.4. The van der Waals surface area contributed by atoms with Crippen molar-refractivity contribution in [1.82, 2.24) is 4.57 Å². The zero-order valence-corrected chi connectivity index (χ0v) is 26.4. The van der Waals surface area contributed by atoms with E-state index in [0.29, 0.717) is 0 Å². The van der Waals surface area contributed by atoms with E-state index in [1.165, 1.54) is 27.3 Å². The highest BCUT2D eigenvalue weighted by Gasteiger charge is 2.42. The number of benzene rings is 8. The second-order valence-corrected chi connectivity index (χ2v) is 15.0. The number of rotatable bonds is 3. The van der Waals surface area contributed by atoms with E-state index in [9.17, 15) is 0 Å². The minimum absolute atomic E-state index is 0.867. The molecule has 1 atom stereocenters. The summed E-state index contributed by atoms with van der Waals surface area (Å²) in [6.45, 7) is 0. The standard InChI is InChI=1S/C44H28NOP/c46-47(30-15-2-1-3-16-30)42-26-9-7-19-37(42)39-28-27-38-36-18-6-8-24-40(36)45(43(38)44(39)47)41-25-12-22-34-33(21-11-23-35(34)41)32-20-10-14-29-13-4-5-17-31(29)32/h1-28H. The molecule has 0 saturated heterocycles. The molecular formula is C44H28NOP. The third kappa shape index (κ3) is 3.59. The number of hydrogen-bond acceptors (Lipinski definition) is 1. The Morgan fingerprint density at radius 3 is 1.91 bits per heavy atom. The molecular weight excluding hydrogens is 589 g/mol. The maximum Gasteiger partial charge on any atom is 0.174 e. The Labute approximate surface area is 272 Å². The first-order valence-electron chi connectivity index (χ1n) is 16.1. The van der Waals surface area contributed by atoms with Gasteiger partial charge < -0.3 is 9.13 Å². The van der Waals surface area contributed by atoms with Crippen LogP contribution in [0.25, 0.3) is 71.3 Å². The van der Waals surface area contributed by atoms with Gasteiger partial charge in [-0.3, -0.25) is 0 Å². The lowest BCUT2D eigenvalue weighted by Gasteiger charge is -2.20. The van der Waals surface area contributed by atoms with E-state index in [4.69, 9.17) is 0 Å². The van der Waals surface area contributed by atoms with E-state index in [0.717, 1.165) is 59.9 Å². The molecule has 0 amide bonds. The average Bonchev–Trinajstić information content (AvgIpc) is 3.61. The molecule has 220 valence electrons. The number of nitrogens with zero attached hydrogens (tertiary/aromatic N) is 1. The molecule has 0 bridgehead atoms. The molecule has 47 heavy (non-hydrogen) atoms. The molecule has 0 N–H and O–H groups in total. The molecule has 3 heteroatoms. The molecule has 0 spiro atoms. The van der Waals surface area contributed by atoms with Crippen LogP contribution in [0.3, 0.4) is 0 Å². The Balaban J connectivity index is 1.35. The first kappa shape index (κ1) is 26.5. The lowest BCUT2D eigenvalue weighted by atomic mass is 9.93. The number of hydrogen-bond donors (Lipinski definition) is 0. The largest absolute Gasteiger partial charge is 0.309 e. The van der Waals surface area contributed by atoms with Gasteiger partial charge in [-0.15, -0.1) is 0 Å². The summed E-state index contributed by atoms with van der Waals surface area (Å²) in [7, 11) is -3.22. The van der Waals surface area contributed by atoms with Crippen molar-refractivity contribution < 1.29 is 4.57 Å². The molecule has 2 heterocycles. The van der Waals surface area contributed by atoms with Gasteiger partial charge in [-0.2, -0.15) is 0 Å². The summed E-state index contributed by atoms with van der Waals surface area (Å²) in [5.41, 5.74) is 7.75. The minimum atomic E-state index is -3.22. The molecule has 8 aromatic carbocycles. The van der Waals surface area contributed by atoms with E-state index in [2.05, 4.69) is 138 Å². The number of fused-ring (bicyclic) bond motifs is 9. The van der Waals surface area contributed by atoms with Crippen molar-refractivity contribution in [3.8, 4) is 27.9 Å². The zero-order chi connectivity index (χ0) is 31.1. The average molecular weight is 618 g/mol.